The number of hydrogen-bond donors (Lipinski definition) is 1. The number of thioether (sulfide) groups is 1. The van der Waals surface area contributed by atoms with E-state index in [1.807, 2.05) is 11.8 Å². The molecular formula is C17H35NOS. The maximum Gasteiger partial charge on any atom is 0.218 e. The molecule has 0 aliphatic heterocycles. The normalized spacial score (nSPS) is 11.8. The predicted octanol–water partition coefficient (Wildman–Crippen LogP) is 5.29. The lowest BCUT2D eigenvalue weighted by atomic mass is 10.1. The van der Waals surface area contributed by atoms with Crippen molar-refractivity contribution < 1.29 is 4.79 Å². The summed E-state index contributed by atoms with van der Waals surface area (Å²) in [6.07, 6.45) is 14.2. The van der Waals surface area contributed by atoms with Crippen LogP contribution in [-0.2, 0) is 4.79 Å². The van der Waals surface area contributed by atoms with Gasteiger partial charge in [-0.15, -0.1) is 0 Å². The van der Waals surface area contributed by atoms with Crippen molar-refractivity contribution in [3.63, 3.8) is 0 Å². The van der Waals surface area contributed by atoms with Crippen LogP contribution in [0.3, 0.4) is 0 Å². The van der Waals surface area contributed by atoms with Crippen LogP contribution in [0.25, 0.3) is 0 Å². The fraction of sp³-hybridized carbons (Fsp3) is 0.941. The van der Waals surface area contributed by atoms with Gasteiger partial charge in [0.05, 0.1) is 0 Å². The van der Waals surface area contributed by atoms with Gasteiger partial charge in [0.15, 0.2) is 0 Å². The van der Waals surface area contributed by atoms with E-state index < -0.39 is 0 Å². The highest BCUT2D eigenvalue weighted by Crippen LogP contribution is 2.28. The van der Waals surface area contributed by atoms with E-state index >= 15 is 0 Å². The first-order valence-corrected chi connectivity index (χ1v) is 9.39. The molecule has 0 bridgehead atoms. The van der Waals surface area contributed by atoms with Gasteiger partial charge in [0.2, 0.25) is 5.91 Å². The van der Waals surface area contributed by atoms with Crippen LogP contribution in [0, 0.1) is 0 Å². The number of nitrogens with two attached hydrogens (primary N) is 1. The molecule has 3 heteroatoms. The van der Waals surface area contributed by atoms with Gasteiger partial charge in [0.25, 0.3) is 0 Å². The number of carbonyl (C=O) groups is 1. The lowest BCUT2D eigenvalue weighted by molar-refractivity contribution is -0.118. The fourth-order valence-electron chi connectivity index (χ4n) is 2.41. The van der Waals surface area contributed by atoms with Crippen molar-refractivity contribution in [2.75, 3.05) is 5.75 Å². The third kappa shape index (κ3) is 14.2. The summed E-state index contributed by atoms with van der Waals surface area (Å²) in [5.74, 6) is 0.960. The van der Waals surface area contributed by atoms with E-state index in [0.29, 0.717) is 6.42 Å². The molecule has 0 aromatic heterocycles. The zero-order valence-electron chi connectivity index (χ0n) is 13.9. The number of unbranched alkanes of at least 4 members (excludes halogenated alkanes) is 9. The predicted molar refractivity (Wildman–Crippen MR) is 92.2 cm³/mol. The van der Waals surface area contributed by atoms with Crippen molar-refractivity contribution in [1.29, 1.82) is 0 Å². The summed E-state index contributed by atoms with van der Waals surface area (Å²) in [7, 11) is 0. The summed E-state index contributed by atoms with van der Waals surface area (Å²) in [4.78, 5) is 10.9. The summed E-state index contributed by atoms with van der Waals surface area (Å²) < 4.78 is 0.00507. The van der Waals surface area contributed by atoms with Crippen molar-refractivity contribution >= 4 is 17.7 Å². The van der Waals surface area contributed by atoms with Crippen molar-refractivity contribution in [3.05, 3.63) is 0 Å². The van der Waals surface area contributed by atoms with Crippen LogP contribution in [0.15, 0.2) is 0 Å². The van der Waals surface area contributed by atoms with Gasteiger partial charge >= 0.3 is 0 Å². The summed E-state index contributed by atoms with van der Waals surface area (Å²) in [6, 6.07) is 0. The Kier molecular flexibility index (Phi) is 12.4. The van der Waals surface area contributed by atoms with Gasteiger partial charge in [-0.25, -0.2) is 0 Å². The third-order valence-corrected chi connectivity index (χ3v) is 5.01. The van der Waals surface area contributed by atoms with Crippen molar-refractivity contribution in [3.8, 4) is 0 Å². The minimum absolute atomic E-state index is 0.00507. The van der Waals surface area contributed by atoms with Gasteiger partial charge in [-0.05, 0) is 12.2 Å². The molecule has 0 fully saturated rings. The first-order valence-electron chi connectivity index (χ1n) is 8.40. The second-order valence-corrected chi connectivity index (χ2v) is 8.24. The molecule has 20 heavy (non-hydrogen) atoms. The quantitative estimate of drug-likeness (QED) is 0.443. The number of amides is 1. The first-order chi connectivity index (χ1) is 9.48. The van der Waals surface area contributed by atoms with Crippen molar-refractivity contribution in [2.45, 2.75) is 96.1 Å². The van der Waals surface area contributed by atoms with E-state index in [0.717, 1.165) is 5.75 Å². The zero-order valence-corrected chi connectivity index (χ0v) is 14.7. The molecule has 0 aromatic carbocycles. The minimum atomic E-state index is -0.189. The first kappa shape index (κ1) is 19.8. The Morgan fingerprint density at radius 1 is 0.900 bits per heavy atom. The fourth-order valence-corrected chi connectivity index (χ4v) is 3.55. The molecule has 0 heterocycles. The lowest BCUT2D eigenvalue weighted by Crippen LogP contribution is -2.25. The van der Waals surface area contributed by atoms with E-state index in [2.05, 4.69) is 20.8 Å². The highest BCUT2D eigenvalue weighted by molar-refractivity contribution is 8.00. The summed E-state index contributed by atoms with van der Waals surface area (Å²) >= 11 is 1.88. The Bertz CT molecular complexity index is 241. The summed E-state index contributed by atoms with van der Waals surface area (Å²) in [5, 5.41) is 0. The van der Waals surface area contributed by atoms with E-state index in [4.69, 9.17) is 5.73 Å². The highest BCUT2D eigenvalue weighted by Gasteiger charge is 2.20. The maximum absolute atomic E-state index is 10.9. The summed E-state index contributed by atoms with van der Waals surface area (Å²) in [6.45, 7) is 6.49. The average molecular weight is 302 g/mol. The second kappa shape index (κ2) is 12.6. The molecule has 0 radical (unpaired) electrons. The standard InChI is InChI=1S/C17H35NOS/c1-4-5-6-7-8-9-10-11-12-13-14-20-17(2,3)15-16(18)19/h4-15H2,1-3H3,(H2,18,19). The molecule has 0 saturated heterocycles. The number of rotatable bonds is 14. The Morgan fingerprint density at radius 2 is 1.35 bits per heavy atom. The minimum Gasteiger partial charge on any atom is -0.370 e. The smallest absolute Gasteiger partial charge is 0.218 e. The van der Waals surface area contributed by atoms with Crippen LogP contribution < -0.4 is 5.73 Å². The number of hydrogen-bond acceptors (Lipinski definition) is 2. The van der Waals surface area contributed by atoms with E-state index in [1.54, 1.807) is 0 Å². The lowest BCUT2D eigenvalue weighted by Gasteiger charge is -2.22. The van der Waals surface area contributed by atoms with Crippen molar-refractivity contribution in [2.24, 2.45) is 5.73 Å². The molecule has 0 aliphatic carbocycles. The Hall–Kier alpha value is -0.180. The molecule has 0 aliphatic rings. The molecule has 2 N–H and O–H groups in total. The largest absolute Gasteiger partial charge is 0.370 e. The number of primary amides is 1. The van der Waals surface area contributed by atoms with E-state index in [9.17, 15) is 4.79 Å². The second-order valence-electron chi connectivity index (χ2n) is 6.43. The summed E-state index contributed by atoms with van der Waals surface area (Å²) in [5.41, 5.74) is 5.26. The topological polar surface area (TPSA) is 43.1 Å². The Morgan fingerprint density at radius 3 is 1.80 bits per heavy atom. The zero-order chi connectivity index (χ0) is 15.3. The van der Waals surface area contributed by atoms with Crippen LogP contribution in [0.1, 0.15) is 91.4 Å². The average Bonchev–Trinajstić information content (AvgIpc) is 2.34. The van der Waals surface area contributed by atoms with Gasteiger partial charge in [-0.2, -0.15) is 11.8 Å². The van der Waals surface area contributed by atoms with Crippen LogP contribution in [-0.4, -0.2) is 16.4 Å². The molecule has 2 nitrogen and oxygen atoms in total. The van der Waals surface area contributed by atoms with Crippen LogP contribution in [0.2, 0.25) is 0 Å². The van der Waals surface area contributed by atoms with E-state index in [-0.39, 0.29) is 10.7 Å². The Balaban J connectivity index is 3.26. The number of carbonyl (C=O) groups excluding carboxylic acids is 1. The molecular weight excluding hydrogens is 266 g/mol. The SMILES string of the molecule is CCCCCCCCCCCCSC(C)(C)CC(N)=O. The molecule has 0 spiro atoms. The van der Waals surface area contributed by atoms with Gasteiger partial charge < -0.3 is 5.73 Å². The van der Waals surface area contributed by atoms with Crippen LogP contribution in [0.4, 0.5) is 0 Å². The van der Waals surface area contributed by atoms with Gasteiger partial charge in [-0.3, -0.25) is 4.79 Å². The highest BCUT2D eigenvalue weighted by atomic mass is 32.2. The molecule has 0 aromatic rings. The molecule has 0 atom stereocenters. The monoisotopic (exact) mass is 301 g/mol. The Labute approximate surface area is 130 Å². The van der Waals surface area contributed by atoms with Gasteiger partial charge in [0, 0.05) is 11.2 Å². The molecule has 0 rings (SSSR count). The molecule has 120 valence electrons. The van der Waals surface area contributed by atoms with Crippen LogP contribution in [0.5, 0.6) is 0 Å². The van der Waals surface area contributed by atoms with Crippen LogP contribution >= 0.6 is 11.8 Å². The molecule has 0 unspecified atom stereocenters. The van der Waals surface area contributed by atoms with Crippen molar-refractivity contribution in [1.82, 2.24) is 0 Å². The maximum atomic E-state index is 10.9. The molecule has 1 amide bonds. The molecule has 0 saturated carbocycles. The van der Waals surface area contributed by atoms with Gasteiger partial charge in [-0.1, -0.05) is 78.6 Å². The third-order valence-electron chi connectivity index (χ3n) is 3.59. The van der Waals surface area contributed by atoms with Gasteiger partial charge in [0.1, 0.15) is 0 Å². The van der Waals surface area contributed by atoms with E-state index in [1.165, 1.54) is 64.2 Å².